The molecule has 0 bridgehead atoms. The summed E-state index contributed by atoms with van der Waals surface area (Å²) in [6.45, 7) is -0.906. The van der Waals surface area contributed by atoms with Gasteiger partial charge in [-0.1, -0.05) is 0 Å². The molecular formula is C19H26N10O10P2. The van der Waals surface area contributed by atoms with Gasteiger partial charge in [0.2, 0.25) is 6.29 Å². The van der Waals surface area contributed by atoms with Crippen LogP contribution in [-0.4, -0.2) is 92.5 Å². The zero-order valence-electron chi connectivity index (χ0n) is 21.0. The summed E-state index contributed by atoms with van der Waals surface area (Å²) in [7, 11) is -6.59. The summed E-state index contributed by atoms with van der Waals surface area (Å²) in [5.41, 5.74) is 12.8. The van der Waals surface area contributed by atoms with Crippen LogP contribution in [0.1, 0.15) is 18.9 Å². The van der Waals surface area contributed by atoms with E-state index < -0.39 is 47.5 Å². The number of nitrogens with zero attached hydrogens (tertiary/aromatic N) is 8. The molecule has 0 aliphatic carbocycles. The van der Waals surface area contributed by atoms with E-state index in [0.29, 0.717) is 11.2 Å². The van der Waals surface area contributed by atoms with E-state index in [1.165, 1.54) is 29.9 Å². The summed E-state index contributed by atoms with van der Waals surface area (Å²) in [5, 5.41) is 21.2. The molecule has 5 heterocycles. The van der Waals surface area contributed by atoms with Gasteiger partial charge in [0.15, 0.2) is 29.2 Å². The molecule has 1 aliphatic heterocycles. The van der Waals surface area contributed by atoms with Crippen molar-refractivity contribution in [3.05, 3.63) is 25.3 Å². The van der Waals surface area contributed by atoms with Crippen molar-refractivity contribution >= 4 is 50.5 Å². The number of hydrogen-bond acceptors (Lipinski definition) is 17. The van der Waals surface area contributed by atoms with Gasteiger partial charge in [0.1, 0.15) is 36.0 Å². The number of nitrogen functional groups attached to an aromatic ring is 2. The zero-order chi connectivity index (χ0) is 29.1. The van der Waals surface area contributed by atoms with E-state index in [9.17, 15) is 19.3 Å². The van der Waals surface area contributed by atoms with Gasteiger partial charge in [0.05, 0.1) is 38.6 Å². The minimum Gasteiger partial charge on any atom is -0.390 e. The average molecular weight is 616 g/mol. The van der Waals surface area contributed by atoms with Crippen molar-refractivity contribution < 1.29 is 47.3 Å². The van der Waals surface area contributed by atoms with Crippen molar-refractivity contribution in [1.82, 2.24) is 39.0 Å². The van der Waals surface area contributed by atoms with Crippen LogP contribution in [0.4, 0.5) is 11.6 Å². The maximum atomic E-state index is 12.6. The number of fused-ring (bicyclic) bond motifs is 2. The number of imidazole rings is 2. The van der Waals surface area contributed by atoms with Crippen molar-refractivity contribution in [1.29, 1.82) is 0 Å². The molecule has 1 fully saturated rings. The Morgan fingerprint density at radius 3 is 2.41 bits per heavy atom. The summed E-state index contributed by atoms with van der Waals surface area (Å²) >= 11 is 0. The minimum absolute atomic E-state index is 0.0649. The summed E-state index contributed by atoms with van der Waals surface area (Å²) in [6, 6.07) is 0. The van der Waals surface area contributed by atoms with Crippen LogP contribution < -0.4 is 11.5 Å². The van der Waals surface area contributed by atoms with Crippen molar-refractivity contribution in [3.63, 3.8) is 0 Å². The fourth-order valence-corrected chi connectivity index (χ4v) is 5.05. The number of ether oxygens (including phenoxy) is 2. The number of aromatic nitrogens is 8. The van der Waals surface area contributed by atoms with E-state index in [0.717, 1.165) is 0 Å². The summed E-state index contributed by atoms with van der Waals surface area (Å²) in [4.78, 5) is 33.1. The highest BCUT2D eigenvalue weighted by Gasteiger charge is 2.37. The molecule has 0 spiro atoms. The van der Waals surface area contributed by atoms with Crippen molar-refractivity contribution in [2.75, 3.05) is 31.3 Å². The van der Waals surface area contributed by atoms with E-state index in [2.05, 4.69) is 34.4 Å². The number of rotatable bonds is 13. The Morgan fingerprint density at radius 2 is 1.68 bits per heavy atom. The Morgan fingerprint density at radius 1 is 1.00 bits per heavy atom. The first-order chi connectivity index (χ1) is 19.7. The first kappa shape index (κ1) is 29.3. The lowest BCUT2D eigenvalue weighted by atomic mass is 10.2. The Kier molecular flexibility index (Phi) is 9.15. The van der Waals surface area contributed by atoms with E-state index >= 15 is 0 Å². The van der Waals surface area contributed by atoms with Crippen LogP contribution in [0.2, 0.25) is 0 Å². The normalized spacial score (nSPS) is 22.3. The Balaban J connectivity index is 1.21. The van der Waals surface area contributed by atoms with Crippen LogP contribution in [-0.2, 0) is 32.2 Å². The van der Waals surface area contributed by atoms with Crippen LogP contribution in [0.5, 0.6) is 0 Å². The molecule has 3 unspecified atom stereocenters. The third kappa shape index (κ3) is 6.52. The van der Waals surface area contributed by atoms with Crippen molar-refractivity contribution in [2.24, 2.45) is 0 Å². The third-order valence-electron chi connectivity index (χ3n) is 5.99. The summed E-state index contributed by atoms with van der Waals surface area (Å²) < 4.78 is 52.7. The van der Waals surface area contributed by atoms with Gasteiger partial charge in [-0.25, -0.2) is 29.9 Å². The highest BCUT2D eigenvalue weighted by molar-refractivity contribution is 7.33. The second kappa shape index (κ2) is 12.8. The van der Waals surface area contributed by atoms with Gasteiger partial charge in [-0.05, 0) is 0 Å². The van der Waals surface area contributed by atoms with Crippen molar-refractivity contribution in [2.45, 2.75) is 37.4 Å². The van der Waals surface area contributed by atoms with Crippen molar-refractivity contribution in [3.8, 4) is 0 Å². The molecule has 0 radical (unpaired) electrons. The van der Waals surface area contributed by atoms with E-state index in [-0.39, 0.29) is 49.0 Å². The van der Waals surface area contributed by atoms with Gasteiger partial charge in [-0.2, -0.15) is 0 Å². The van der Waals surface area contributed by atoms with Gasteiger partial charge in [0.25, 0.3) is 0 Å². The highest BCUT2D eigenvalue weighted by Crippen LogP contribution is 2.35. The Hall–Kier alpha value is -3.16. The lowest BCUT2D eigenvalue weighted by molar-refractivity contribution is -0.166. The molecule has 5 rings (SSSR count). The molecule has 222 valence electrons. The molecule has 0 amide bonds. The predicted octanol–water partition coefficient (Wildman–Crippen LogP) is -0.866. The quantitative estimate of drug-likeness (QED) is 0.0693. The fourth-order valence-electron chi connectivity index (χ4n) is 4.11. The monoisotopic (exact) mass is 616 g/mol. The molecule has 20 nitrogen and oxygen atoms in total. The molecule has 7 N–H and O–H groups in total. The second-order valence-corrected chi connectivity index (χ2v) is 10.4. The Bertz CT molecular complexity index is 1560. The van der Waals surface area contributed by atoms with E-state index in [1.807, 2.05) is 0 Å². The van der Waals surface area contributed by atoms with Crippen LogP contribution >= 0.6 is 16.5 Å². The maximum Gasteiger partial charge on any atom is 0.321 e. The van der Waals surface area contributed by atoms with E-state index in [1.54, 1.807) is 4.57 Å². The first-order valence-corrected chi connectivity index (χ1v) is 14.4. The number of anilines is 2. The predicted molar refractivity (Wildman–Crippen MR) is 138 cm³/mol. The fraction of sp³-hybridized carbons (Fsp3) is 0.474. The lowest BCUT2D eigenvalue weighted by Crippen LogP contribution is -2.29. The first-order valence-electron chi connectivity index (χ1n) is 11.9. The second-order valence-electron chi connectivity index (χ2n) is 8.54. The molecule has 41 heavy (non-hydrogen) atoms. The lowest BCUT2D eigenvalue weighted by Gasteiger charge is -2.24. The molecule has 4 aromatic rings. The summed E-state index contributed by atoms with van der Waals surface area (Å²) in [5.74, 6) is 0.260. The van der Waals surface area contributed by atoms with Gasteiger partial charge in [0, 0.05) is 6.42 Å². The standard InChI is InChI=1S/C19H26N10O10P2/c20-14-12-16(24-5-22-14)28(7-26-12)11-3-9(30)10(38-11)4-37-41(34)39-19(31)18(35-1-2-36-40(32)33)29-8-27-13-15(21)23-6-25-17(13)29/h5-11,18-19,30-31,40-41H,1-4H2,(H,32,33)(H2,20,22,24)(H2,21,23,25)/t9-,10+,11+,18?,19+/m0/s1. The molecule has 22 heteroatoms. The van der Waals surface area contributed by atoms with Crippen LogP contribution in [0.3, 0.4) is 0 Å². The topological polar surface area (TPSA) is 280 Å². The van der Waals surface area contributed by atoms with Crippen LogP contribution in [0, 0.1) is 0 Å². The minimum atomic E-state index is -3.38. The SMILES string of the molecule is Nc1ncnc2c1ncn2C(OCCO[PH](=O)O)[C@H](O)O[PH](=O)OC[C@H]1O[C@@H](n2cnc3c(N)ncnc32)C[C@@H]1O. The molecule has 1 saturated heterocycles. The summed E-state index contributed by atoms with van der Waals surface area (Å²) in [6.07, 6.45) is -0.544. The smallest absolute Gasteiger partial charge is 0.321 e. The number of aliphatic hydroxyl groups excluding tert-OH is 2. The highest BCUT2D eigenvalue weighted by atomic mass is 31.1. The van der Waals surface area contributed by atoms with Gasteiger partial charge in [-0.3, -0.25) is 22.8 Å². The Labute approximate surface area is 231 Å². The van der Waals surface area contributed by atoms with E-state index in [4.69, 9.17) is 34.9 Å². The van der Waals surface area contributed by atoms with Crippen LogP contribution in [0.25, 0.3) is 22.3 Å². The molecule has 4 aromatic heterocycles. The number of nitrogens with two attached hydrogens (primary N) is 2. The number of hydrogen-bond donors (Lipinski definition) is 5. The molecule has 0 saturated carbocycles. The average Bonchev–Trinajstić information content (AvgIpc) is 3.65. The molecule has 1 aliphatic rings. The largest absolute Gasteiger partial charge is 0.390 e. The third-order valence-corrected chi connectivity index (χ3v) is 7.27. The zero-order valence-corrected chi connectivity index (χ0v) is 23.0. The number of aliphatic hydroxyl groups is 2. The molecule has 7 atom stereocenters. The maximum absolute atomic E-state index is 12.6. The molecular weight excluding hydrogens is 590 g/mol. The van der Waals surface area contributed by atoms with Crippen LogP contribution in [0.15, 0.2) is 25.3 Å². The molecule has 0 aromatic carbocycles. The van der Waals surface area contributed by atoms with Gasteiger partial charge in [-0.15, -0.1) is 0 Å². The van der Waals surface area contributed by atoms with Gasteiger partial charge < -0.3 is 45.1 Å². The van der Waals surface area contributed by atoms with Gasteiger partial charge >= 0.3 is 16.5 Å².